The Labute approximate surface area is 194 Å². The lowest BCUT2D eigenvalue weighted by Gasteiger charge is -2.37. The molecule has 0 bridgehead atoms. The quantitative estimate of drug-likeness (QED) is 0.644. The van der Waals surface area contributed by atoms with Crippen molar-refractivity contribution in [2.24, 2.45) is 0 Å². The Morgan fingerprint density at radius 3 is 2.45 bits per heavy atom. The Kier molecular flexibility index (Phi) is 5.34. The summed E-state index contributed by atoms with van der Waals surface area (Å²) < 4.78 is 13.7. The Morgan fingerprint density at radius 1 is 0.909 bits per heavy atom. The number of fused-ring (bicyclic) bond motifs is 1. The van der Waals surface area contributed by atoms with Gasteiger partial charge in [-0.2, -0.15) is 5.10 Å². The second-order valence-corrected chi connectivity index (χ2v) is 9.19. The monoisotopic (exact) mass is 445 g/mol. The van der Waals surface area contributed by atoms with Gasteiger partial charge in [-0.3, -0.25) is 4.90 Å². The van der Waals surface area contributed by atoms with Gasteiger partial charge in [-0.15, -0.1) is 0 Å². The number of nitrogens with zero attached hydrogens (tertiary/aromatic N) is 4. The van der Waals surface area contributed by atoms with Gasteiger partial charge in [0.25, 0.3) is 0 Å². The third kappa shape index (κ3) is 3.80. The molecule has 7 nitrogen and oxygen atoms in total. The van der Waals surface area contributed by atoms with Crippen LogP contribution in [-0.2, 0) is 6.54 Å². The molecule has 172 valence electrons. The number of ether oxygens (including phenoxy) is 2. The molecular weight excluding hydrogens is 414 g/mol. The summed E-state index contributed by atoms with van der Waals surface area (Å²) in [7, 11) is 0. The highest BCUT2D eigenvalue weighted by atomic mass is 16.6. The van der Waals surface area contributed by atoms with Crippen LogP contribution in [0, 0.1) is 0 Å². The zero-order valence-corrected chi connectivity index (χ0v) is 18.9. The number of rotatable bonds is 5. The fourth-order valence-corrected chi connectivity index (χ4v) is 5.10. The maximum Gasteiger partial charge on any atom is 0.184 e. The standard InChI is InChI=1S/C26H31N5O2/c27-26-21(24(19-6-4-7-19)28-31(26)20-8-2-1-3-9-20)18-29-12-14-30(15-13-29)22-10-5-11-23-25(22)33-17-16-32-23/h1-3,5,8-11,19H,4,6-7,12-18,27H2. The largest absolute Gasteiger partial charge is 0.486 e. The van der Waals surface area contributed by atoms with Crippen molar-refractivity contribution in [1.29, 1.82) is 0 Å². The molecule has 2 N–H and O–H groups in total. The van der Waals surface area contributed by atoms with Crippen LogP contribution in [0.3, 0.4) is 0 Å². The van der Waals surface area contributed by atoms with Crippen LogP contribution in [0.1, 0.15) is 36.4 Å². The van der Waals surface area contributed by atoms with Crippen LogP contribution in [0.15, 0.2) is 48.5 Å². The third-order valence-electron chi connectivity index (χ3n) is 7.19. The number of nitrogen functional groups attached to an aromatic ring is 1. The predicted molar refractivity (Wildman–Crippen MR) is 129 cm³/mol. The predicted octanol–water partition coefficient (Wildman–Crippen LogP) is 3.82. The topological polar surface area (TPSA) is 68.8 Å². The van der Waals surface area contributed by atoms with Crippen LogP contribution in [-0.4, -0.2) is 54.1 Å². The van der Waals surface area contributed by atoms with E-state index >= 15 is 0 Å². The second kappa shape index (κ2) is 8.63. The summed E-state index contributed by atoms with van der Waals surface area (Å²) in [4.78, 5) is 4.92. The van der Waals surface area contributed by atoms with Crippen molar-refractivity contribution < 1.29 is 9.47 Å². The van der Waals surface area contributed by atoms with Crippen molar-refractivity contribution in [3.8, 4) is 17.2 Å². The minimum absolute atomic E-state index is 0.543. The van der Waals surface area contributed by atoms with Gasteiger partial charge in [0.1, 0.15) is 19.0 Å². The van der Waals surface area contributed by atoms with Crippen molar-refractivity contribution in [3.63, 3.8) is 0 Å². The number of hydrogen-bond donors (Lipinski definition) is 1. The van der Waals surface area contributed by atoms with E-state index in [9.17, 15) is 0 Å². The van der Waals surface area contributed by atoms with E-state index in [1.165, 1.54) is 30.5 Å². The number of nitrogens with two attached hydrogens (primary N) is 1. The zero-order valence-electron chi connectivity index (χ0n) is 18.9. The summed E-state index contributed by atoms with van der Waals surface area (Å²) in [6, 6.07) is 16.4. The molecule has 7 heteroatoms. The van der Waals surface area contributed by atoms with E-state index in [1.807, 2.05) is 28.9 Å². The van der Waals surface area contributed by atoms with Gasteiger partial charge >= 0.3 is 0 Å². The Hall–Kier alpha value is -3.19. The molecule has 2 aliphatic heterocycles. The molecule has 0 unspecified atom stereocenters. The highest BCUT2D eigenvalue weighted by Crippen LogP contribution is 2.41. The third-order valence-corrected chi connectivity index (χ3v) is 7.19. The molecule has 3 aromatic rings. The maximum absolute atomic E-state index is 6.70. The number of hydrogen-bond acceptors (Lipinski definition) is 6. The zero-order chi connectivity index (χ0) is 22.2. The minimum atomic E-state index is 0.543. The van der Waals surface area contributed by atoms with Gasteiger partial charge in [-0.05, 0) is 37.1 Å². The molecule has 2 aromatic carbocycles. The summed E-state index contributed by atoms with van der Waals surface area (Å²) in [6.07, 6.45) is 3.72. The van der Waals surface area contributed by atoms with Crippen molar-refractivity contribution in [2.75, 3.05) is 50.0 Å². The normalized spacial score (nSPS) is 18.8. The highest BCUT2D eigenvalue weighted by molar-refractivity contribution is 5.65. The summed E-state index contributed by atoms with van der Waals surface area (Å²) in [5.74, 6) is 3.07. The molecule has 0 atom stereocenters. The number of benzene rings is 2. The smallest absolute Gasteiger partial charge is 0.184 e. The number of anilines is 2. The molecule has 3 aliphatic rings. The van der Waals surface area contributed by atoms with Crippen LogP contribution < -0.4 is 20.1 Å². The molecule has 0 amide bonds. The Balaban J connectivity index is 1.20. The van der Waals surface area contributed by atoms with Crippen molar-refractivity contribution in [3.05, 3.63) is 59.8 Å². The van der Waals surface area contributed by atoms with Gasteiger partial charge in [0.15, 0.2) is 11.5 Å². The fourth-order valence-electron chi connectivity index (χ4n) is 5.10. The molecule has 0 spiro atoms. The van der Waals surface area contributed by atoms with Crippen LogP contribution in [0.25, 0.3) is 5.69 Å². The Morgan fingerprint density at radius 2 is 1.70 bits per heavy atom. The molecule has 0 radical (unpaired) electrons. The van der Waals surface area contributed by atoms with Crippen LogP contribution in [0.5, 0.6) is 11.5 Å². The Bertz CT molecular complexity index is 1120. The van der Waals surface area contributed by atoms with Crippen molar-refractivity contribution in [1.82, 2.24) is 14.7 Å². The minimum Gasteiger partial charge on any atom is -0.486 e. The van der Waals surface area contributed by atoms with Gasteiger partial charge in [0, 0.05) is 44.2 Å². The molecule has 2 fully saturated rings. The fraction of sp³-hybridized carbons (Fsp3) is 0.423. The van der Waals surface area contributed by atoms with Crippen molar-refractivity contribution in [2.45, 2.75) is 31.7 Å². The maximum atomic E-state index is 6.70. The van der Waals surface area contributed by atoms with E-state index in [0.717, 1.165) is 61.4 Å². The first kappa shape index (κ1) is 20.4. The van der Waals surface area contributed by atoms with E-state index in [4.69, 9.17) is 20.3 Å². The van der Waals surface area contributed by atoms with E-state index in [0.29, 0.717) is 19.1 Å². The first-order valence-electron chi connectivity index (χ1n) is 12.1. The lowest BCUT2D eigenvalue weighted by molar-refractivity contribution is 0.171. The van der Waals surface area contributed by atoms with E-state index < -0.39 is 0 Å². The number of aromatic nitrogens is 2. The molecule has 1 saturated carbocycles. The number of piperazine rings is 1. The van der Waals surface area contributed by atoms with Gasteiger partial charge in [-0.25, -0.2) is 4.68 Å². The summed E-state index contributed by atoms with van der Waals surface area (Å²) in [5, 5.41) is 5.00. The lowest BCUT2D eigenvalue weighted by atomic mass is 9.81. The lowest BCUT2D eigenvalue weighted by Crippen LogP contribution is -2.46. The SMILES string of the molecule is Nc1c(CN2CCN(c3cccc4c3OCCO4)CC2)c(C2CCC2)nn1-c1ccccc1. The second-order valence-electron chi connectivity index (χ2n) is 9.19. The summed E-state index contributed by atoms with van der Waals surface area (Å²) >= 11 is 0. The van der Waals surface area contributed by atoms with Gasteiger partial charge in [0.05, 0.1) is 17.1 Å². The summed E-state index contributed by atoms with van der Waals surface area (Å²) in [6.45, 7) is 5.93. The van der Waals surface area contributed by atoms with Gasteiger partial charge < -0.3 is 20.1 Å². The van der Waals surface area contributed by atoms with Crippen molar-refractivity contribution >= 4 is 11.5 Å². The summed E-state index contributed by atoms with van der Waals surface area (Å²) in [5.41, 5.74) is 11.3. The molecule has 3 heterocycles. The number of para-hydroxylation sites is 2. The van der Waals surface area contributed by atoms with E-state index in [2.05, 4.69) is 34.1 Å². The molecule has 1 aromatic heterocycles. The molecular formula is C26H31N5O2. The van der Waals surface area contributed by atoms with Gasteiger partial charge in [-0.1, -0.05) is 30.7 Å². The van der Waals surface area contributed by atoms with E-state index in [-0.39, 0.29) is 0 Å². The highest BCUT2D eigenvalue weighted by Gasteiger charge is 2.30. The first-order valence-corrected chi connectivity index (χ1v) is 12.1. The molecule has 6 rings (SSSR count). The molecule has 1 aliphatic carbocycles. The average Bonchev–Trinajstić information content (AvgIpc) is 3.14. The molecule has 33 heavy (non-hydrogen) atoms. The van der Waals surface area contributed by atoms with Crippen LogP contribution in [0.2, 0.25) is 0 Å². The van der Waals surface area contributed by atoms with Crippen LogP contribution >= 0.6 is 0 Å². The van der Waals surface area contributed by atoms with Crippen LogP contribution in [0.4, 0.5) is 11.5 Å². The molecule has 1 saturated heterocycles. The first-order chi connectivity index (χ1) is 16.3. The van der Waals surface area contributed by atoms with E-state index in [1.54, 1.807) is 0 Å². The van der Waals surface area contributed by atoms with Gasteiger partial charge in [0.2, 0.25) is 0 Å². The average molecular weight is 446 g/mol.